The van der Waals surface area contributed by atoms with Crippen LogP contribution < -0.4 is 5.32 Å². The van der Waals surface area contributed by atoms with Gasteiger partial charge in [0.25, 0.3) is 0 Å². The summed E-state index contributed by atoms with van der Waals surface area (Å²) in [6.45, 7) is 5.42. The van der Waals surface area contributed by atoms with Crippen LogP contribution in [0.25, 0.3) is 0 Å². The van der Waals surface area contributed by atoms with E-state index in [9.17, 15) is 0 Å². The van der Waals surface area contributed by atoms with Crippen molar-refractivity contribution in [2.75, 3.05) is 18.4 Å². The summed E-state index contributed by atoms with van der Waals surface area (Å²) in [4.78, 5) is 7.18. The molecule has 1 saturated heterocycles. The number of nitrogens with zero attached hydrogens (tertiary/aromatic N) is 2. The van der Waals surface area contributed by atoms with Gasteiger partial charge in [-0.2, -0.15) is 0 Å². The lowest BCUT2D eigenvalue weighted by Gasteiger charge is -2.24. The van der Waals surface area contributed by atoms with Crippen molar-refractivity contribution in [1.82, 2.24) is 9.88 Å². The van der Waals surface area contributed by atoms with Gasteiger partial charge in [0, 0.05) is 25.3 Å². The molecular formula is C20H27N3. The van der Waals surface area contributed by atoms with E-state index < -0.39 is 0 Å². The summed E-state index contributed by atoms with van der Waals surface area (Å²) >= 11 is 0. The number of hydrogen-bond acceptors (Lipinski definition) is 3. The average Bonchev–Trinajstić information content (AvgIpc) is 3.05. The number of aromatic nitrogens is 1. The maximum Gasteiger partial charge on any atom is 0.125 e. The van der Waals surface area contributed by atoms with E-state index in [0.29, 0.717) is 6.04 Å². The minimum atomic E-state index is 0.507. The molecule has 1 aliphatic heterocycles. The van der Waals surface area contributed by atoms with Crippen LogP contribution in [0.5, 0.6) is 0 Å². The molecule has 2 heterocycles. The van der Waals surface area contributed by atoms with Gasteiger partial charge < -0.3 is 5.32 Å². The van der Waals surface area contributed by atoms with Crippen LogP contribution in [0.1, 0.15) is 49.8 Å². The summed E-state index contributed by atoms with van der Waals surface area (Å²) in [6.07, 6.45) is 6.96. The normalized spacial score (nSPS) is 18.2. The molecule has 0 aliphatic carbocycles. The fraction of sp³-hybridized carbons (Fsp3) is 0.450. The molecule has 122 valence electrons. The maximum absolute atomic E-state index is 4.60. The Kier molecular flexibility index (Phi) is 5.65. The number of nitrogens with one attached hydrogen (secondary N) is 1. The van der Waals surface area contributed by atoms with Crippen molar-refractivity contribution in [1.29, 1.82) is 0 Å². The maximum atomic E-state index is 4.60. The van der Waals surface area contributed by atoms with Gasteiger partial charge in [-0.15, -0.1) is 0 Å². The van der Waals surface area contributed by atoms with Gasteiger partial charge in [-0.1, -0.05) is 49.7 Å². The average molecular weight is 309 g/mol. The molecule has 1 aliphatic rings. The van der Waals surface area contributed by atoms with Gasteiger partial charge in [0.2, 0.25) is 0 Å². The second kappa shape index (κ2) is 8.11. The van der Waals surface area contributed by atoms with E-state index in [0.717, 1.165) is 18.9 Å². The zero-order valence-electron chi connectivity index (χ0n) is 14.0. The van der Waals surface area contributed by atoms with Gasteiger partial charge in [0.05, 0.1) is 0 Å². The quantitative estimate of drug-likeness (QED) is 0.756. The minimum absolute atomic E-state index is 0.507. The molecule has 0 amide bonds. The van der Waals surface area contributed by atoms with Crippen molar-refractivity contribution in [3.05, 3.63) is 59.8 Å². The third-order valence-electron chi connectivity index (χ3n) is 4.60. The lowest BCUT2D eigenvalue weighted by atomic mass is 10.1. The van der Waals surface area contributed by atoms with E-state index in [1.807, 2.05) is 0 Å². The third-order valence-corrected chi connectivity index (χ3v) is 4.60. The van der Waals surface area contributed by atoms with Crippen LogP contribution in [0.2, 0.25) is 0 Å². The molecule has 3 nitrogen and oxygen atoms in total. The van der Waals surface area contributed by atoms with Gasteiger partial charge in [-0.25, -0.2) is 4.98 Å². The Labute approximate surface area is 139 Å². The van der Waals surface area contributed by atoms with Crippen LogP contribution in [0.3, 0.4) is 0 Å². The van der Waals surface area contributed by atoms with Gasteiger partial charge in [-0.05, 0) is 43.0 Å². The Balaban J connectivity index is 1.63. The molecule has 23 heavy (non-hydrogen) atoms. The zero-order valence-corrected chi connectivity index (χ0v) is 14.0. The molecule has 1 fully saturated rings. The molecule has 2 aromatic rings. The van der Waals surface area contributed by atoms with Crippen molar-refractivity contribution < 1.29 is 0 Å². The van der Waals surface area contributed by atoms with Crippen LogP contribution in [-0.4, -0.2) is 23.0 Å². The van der Waals surface area contributed by atoms with Crippen molar-refractivity contribution >= 4 is 5.82 Å². The fourth-order valence-electron chi connectivity index (χ4n) is 3.31. The highest BCUT2D eigenvalue weighted by atomic mass is 15.2. The van der Waals surface area contributed by atoms with Crippen molar-refractivity contribution in [2.24, 2.45) is 0 Å². The van der Waals surface area contributed by atoms with Gasteiger partial charge in [-0.3, -0.25) is 4.90 Å². The molecular weight excluding hydrogens is 282 g/mol. The van der Waals surface area contributed by atoms with E-state index >= 15 is 0 Å². The van der Waals surface area contributed by atoms with Gasteiger partial charge >= 0.3 is 0 Å². The van der Waals surface area contributed by atoms with Crippen LogP contribution in [0, 0.1) is 0 Å². The van der Waals surface area contributed by atoms with E-state index in [1.54, 1.807) is 0 Å². The first kappa shape index (κ1) is 16.0. The second-order valence-electron chi connectivity index (χ2n) is 6.37. The van der Waals surface area contributed by atoms with E-state index in [-0.39, 0.29) is 0 Å². The first-order valence-corrected chi connectivity index (χ1v) is 8.84. The number of unbranched alkanes of at least 4 members (excludes halogenated alkanes) is 1. The summed E-state index contributed by atoms with van der Waals surface area (Å²) in [5, 5.41) is 3.39. The van der Waals surface area contributed by atoms with Crippen LogP contribution in [0.15, 0.2) is 48.7 Å². The summed E-state index contributed by atoms with van der Waals surface area (Å²) in [5.74, 6) is 0.995. The third kappa shape index (κ3) is 4.32. The lowest BCUT2D eigenvalue weighted by Crippen LogP contribution is -2.22. The molecule has 1 N–H and O–H groups in total. The van der Waals surface area contributed by atoms with E-state index in [4.69, 9.17) is 0 Å². The van der Waals surface area contributed by atoms with Crippen molar-refractivity contribution in [2.45, 2.75) is 45.2 Å². The molecule has 0 bridgehead atoms. The Bertz CT molecular complexity index is 580. The smallest absolute Gasteiger partial charge is 0.125 e. The number of hydrogen-bond donors (Lipinski definition) is 1. The van der Waals surface area contributed by atoms with Crippen molar-refractivity contribution in [3.8, 4) is 0 Å². The monoisotopic (exact) mass is 309 g/mol. The van der Waals surface area contributed by atoms with Crippen LogP contribution in [0.4, 0.5) is 5.82 Å². The Hall–Kier alpha value is -1.87. The first-order valence-electron chi connectivity index (χ1n) is 8.84. The topological polar surface area (TPSA) is 28.2 Å². The van der Waals surface area contributed by atoms with Crippen LogP contribution in [-0.2, 0) is 6.54 Å². The summed E-state index contributed by atoms with van der Waals surface area (Å²) in [7, 11) is 0. The van der Waals surface area contributed by atoms with Crippen LogP contribution >= 0.6 is 0 Å². The molecule has 1 aromatic heterocycles. The van der Waals surface area contributed by atoms with Gasteiger partial charge in [0.1, 0.15) is 5.82 Å². The first-order chi connectivity index (χ1) is 11.4. The van der Waals surface area contributed by atoms with Crippen molar-refractivity contribution in [3.63, 3.8) is 0 Å². The fourth-order valence-corrected chi connectivity index (χ4v) is 3.31. The summed E-state index contributed by atoms with van der Waals surface area (Å²) < 4.78 is 0. The Morgan fingerprint density at radius 1 is 1.17 bits per heavy atom. The largest absolute Gasteiger partial charge is 0.370 e. The standard InChI is InChI=1S/C20H27N3/c1-2-3-13-21-20-12-11-18(15-22-20)19-10-7-14-23(19)16-17-8-5-4-6-9-17/h4-6,8-9,11-12,15,19H,2-3,7,10,13-14,16H2,1H3,(H,21,22)/t19-/m1/s1. The highest BCUT2D eigenvalue weighted by Gasteiger charge is 2.26. The second-order valence-corrected chi connectivity index (χ2v) is 6.37. The predicted molar refractivity (Wildman–Crippen MR) is 96.5 cm³/mol. The minimum Gasteiger partial charge on any atom is -0.370 e. The SMILES string of the molecule is CCCCNc1ccc([C@H]2CCCN2Cc2ccccc2)cn1. The number of likely N-dealkylation sites (tertiary alicyclic amines) is 1. The molecule has 1 aromatic carbocycles. The lowest BCUT2D eigenvalue weighted by molar-refractivity contribution is 0.248. The molecule has 1 atom stereocenters. The molecule has 0 radical (unpaired) electrons. The molecule has 0 unspecified atom stereocenters. The molecule has 3 heteroatoms. The number of anilines is 1. The highest BCUT2D eigenvalue weighted by molar-refractivity contribution is 5.36. The molecule has 0 saturated carbocycles. The predicted octanol–water partition coefficient (Wildman–Crippen LogP) is 4.63. The Morgan fingerprint density at radius 3 is 2.78 bits per heavy atom. The summed E-state index contributed by atoms with van der Waals surface area (Å²) in [5.41, 5.74) is 2.74. The number of pyridine rings is 1. The zero-order chi connectivity index (χ0) is 15.9. The Morgan fingerprint density at radius 2 is 2.04 bits per heavy atom. The molecule has 0 spiro atoms. The van der Waals surface area contributed by atoms with E-state index in [1.165, 1.54) is 43.4 Å². The number of benzene rings is 1. The highest BCUT2D eigenvalue weighted by Crippen LogP contribution is 2.33. The van der Waals surface area contributed by atoms with Gasteiger partial charge in [0.15, 0.2) is 0 Å². The number of rotatable bonds is 7. The summed E-state index contributed by atoms with van der Waals surface area (Å²) in [6, 6.07) is 15.6. The molecule has 3 rings (SSSR count). The van der Waals surface area contributed by atoms with E-state index in [2.05, 4.69) is 70.8 Å².